The average Bonchev–Trinajstić information content (AvgIpc) is 2.14. The Balaban J connectivity index is 0.00000144. The van der Waals surface area contributed by atoms with Crippen molar-refractivity contribution in [2.45, 2.75) is 32.6 Å². The molecule has 0 heterocycles. The summed E-state index contributed by atoms with van der Waals surface area (Å²) in [6, 6.07) is 10.6. The standard InChI is InChI=1S/C12H17.Fe/c1-2-3-4-6-9-12-10-7-5-8-11-12;/h5,7-11H,2-4,6H2,1H3;/q-1;. The van der Waals surface area contributed by atoms with Gasteiger partial charge in [0.05, 0.1) is 0 Å². The molecular formula is C12H17Fe-. The van der Waals surface area contributed by atoms with E-state index in [1.54, 1.807) is 0 Å². The van der Waals surface area contributed by atoms with Crippen molar-refractivity contribution in [1.29, 1.82) is 0 Å². The molecule has 0 aliphatic rings. The zero-order chi connectivity index (χ0) is 8.65. The van der Waals surface area contributed by atoms with Gasteiger partial charge >= 0.3 is 0 Å². The van der Waals surface area contributed by atoms with E-state index >= 15 is 0 Å². The molecule has 0 atom stereocenters. The van der Waals surface area contributed by atoms with Crippen LogP contribution in [-0.4, -0.2) is 0 Å². The molecule has 0 aliphatic heterocycles. The molecular weight excluding hydrogens is 200 g/mol. The van der Waals surface area contributed by atoms with Crippen LogP contribution < -0.4 is 0 Å². The molecule has 0 amide bonds. The van der Waals surface area contributed by atoms with Crippen LogP contribution in [0.1, 0.15) is 38.2 Å². The van der Waals surface area contributed by atoms with Gasteiger partial charge in [-0.25, -0.2) is 0 Å². The van der Waals surface area contributed by atoms with Gasteiger partial charge in [-0.05, 0) is 0 Å². The summed E-state index contributed by atoms with van der Waals surface area (Å²) in [6.07, 6.45) is 7.52. The maximum Gasteiger partial charge on any atom is 0 e. The molecule has 0 saturated carbocycles. The number of rotatable bonds is 5. The van der Waals surface area contributed by atoms with E-state index < -0.39 is 0 Å². The first-order chi connectivity index (χ1) is 5.93. The fraction of sp³-hybridized carbons (Fsp3) is 0.417. The molecule has 0 fully saturated rings. The van der Waals surface area contributed by atoms with Crippen molar-refractivity contribution in [3.63, 3.8) is 0 Å². The number of benzene rings is 1. The molecule has 0 unspecified atom stereocenters. The number of hydrogen-bond acceptors (Lipinski definition) is 0. The normalized spacial score (nSPS) is 9.00. The van der Waals surface area contributed by atoms with E-state index in [1.165, 1.54) is 31.2 Å². The summed E-state index contributed by atoms with van der Waals surface area (Å²) in [6.45, 7) is 2.24. The monoisotopic (exact) mass is 217 g/mol. The van der Waals surface area contributed by atoms with Crippen LogP contribution in [0.2, 0.25) is 0 Å². The van der Waals surface area contributed by atoms with Crippen LogP contribution in [0.3, 0.4) is 0 Å². The van der Waals surface area contributed by atoms with E-state index in [0.29, 0.717) is 0 Å². The van der Waals surface area contributed by atoms with Crippen LogP contribution in [0.25, 0.3) is 0 Å². The van der Waals surface area contributed by atoms with E-state index in [0.717, 1.165) is 0 Å². The largest absolute Gasteiger partial charge is 0.192 e. The summed E-state index contributed by atoms with van der Waals surface area (Å²) in [5.74, 6) is 0. The van der Waals surface area contributed by atoms with E-state index in [2.05, 4.69) is 43.7 Å². The second-order valence-electron chi connectivity index (χ2n) is 3.11. The average molecular weight is 217 g/mol. The Morgan fingerprint density at radius 2 is 1.77 bits per heavy atom. The van der Waals surface area contributed by atoms with E-state index in [-0.39, 0.29) is 17.1 Å². The Morgan fingerprint density at radius 1 is 1.08 bits per heavy atom. The van der Waals surface area contributed by atoms with Gasteiger partial charge in [0.2, 0.25) is 0 Å². The Hall–Kier alpha value is -0.391. The minimum absolute atomic E-state index is 0. The summed E-state index contributed by atoms with van der Waals surface area (Å²) in [5.41, 5.74) is 1.36. The second-order valence-corrected chi connectivity index (χ2v) is 3.11. The third-order valence-electron chi connectivity index (χ3n) is 1.99. The first kappa shape index (κ1) is 12.6. The maximum absolute atomic E-state index is 2.32. The smallest absolute Gasteiger partial charge is 0 e. The van der Waals surface area contributed by atoms with Crippen molar-refractivity contribution >= 4 is 0 Å². The molecule has 1 aromatic rings. The summed E-state index contributed by atoms with van der Waals surface area (Å²) in [7, 11) is 0. The van der Waals surface area contributed by atoms with Crippen LogP contribution in [0, 0.1) is 6.42 Å². The zero-order valence-corrected chi connectivity index (χ0v) is 9.25. The predicted octanol–water partition coefficient (Wildman–Crippen LogP) is 3.82. The van der Waals surface area contributed by atoms with Crippen molar-refractivity contribution in [3.05, 3.63) is 42.3 Å². The maximum atomic E-state index is 2.32. The van der Waals surface area contributed by atoms with Crippen molar-refractivity contribution in [2.75, 3.05) is 0 Å². The summed E-state index contributed by atoms with van der Waals surface area (Å²) in [4.78, 5) is 0. The minimum Gasteiger partial charge on any atom is -0.192 e. The van der Waals surface area contributed by atoms with Crippen molar-refractivity contribution in [2.24, 2.45) is 0 Å². The van der Waals surface area contributed by atoms with Crippen LogP contribution in [-0.2, 0) is 17.1 Å². The molecule has 0 N–H and O–H groups in total. The Kier molecular flexibility index (Phi) is 7.97. The topological polar surface area (TPSA) is 0 Å². The van der Waals surface area contributed by atoms with Crippen LogP contribution in [0.15, 0.2) is 30.3 Å². The third kappa shape index (κ3) is 5.79. The van der Waals surface area contributed by atoms with Gasteiger partial charge in [-0.2, -0.15) is 24.1 Å². The van der Waals surface area contributed by atoms with Gasteiger partial charge in [0.1, 0.15) is 0 Å². The fourth-order valence-electron chi connectivity index (χ4n) is 1.25. The molecule has 0 radical (unpaired) electrons. The van der Waals surface area contributed by atoms with Crippen LogP contribution in [0.5, 0.6) is 0 Å². The molecule has 0 bridgehead atoms. The van der Waals surface area contributed by atoms with Gasteiger partial charge in [-0.1, -0.05) is 38.7 Å². The zero-order valence-electron chi connectivity index (χ0n) is 8.15. The van der Waals surface area contributed by atoms with Crippen molar-refractivity contribution < 1.29 is 17.1 Å². The SMILES string of the molecule is CCCCC[CH-]c1ccccc1.[Fe]. The van der Waals surface area contributed by atoms with Crippen molar-refractivity contribution in [3.8, 4) is 0 Å². The van der Waals surface area contributed by atoms with Gasteiger partial charge in [-0.15, -0.1) is 12.1 Å². The van der Waals surface area contributed by atoms with Crippen LogP contribution >= 0.6 is 0 Å². The molecule has 1 aromatic carbocycles. The summed E-state index contributed by atoms with van der Waals surface area (Å²) < 4.78 is 0. The fourth-order valence-corrected chi connectivity index (χ4v) is 1.25. The van der Waals surface area contributed by atoms with E-state index in [9.17, 15) is 0 Å². The second kappa shape index (κ2) is 8.22. The molecule has 1 rings (SSSR count). The minimum atomic E-state index is 0. The molecule has 0 aliphatic carbocycles. The summed E-state index contributed by atoms with van der Waals surface area (Å²) >= 11 is 0. The molecule has 74 valence electrons. The van der Waals surface area contributed by atoms with E-state index in [4.69, 9.17) is 0 Å². The van der Waals surface area contributed by atoms with Crippen molar-refractivity contribution in [1.82, 2.24) is 0 Å². The molecule has 0 aromatic heterocycles. The van der Waals surface area contributed by atoms with E-state index in [1.807, 2.05) is 0 Å². The molecule has 0 nitrogen and oxygen atoms in total. The van der Waals surface area contributed by atoms with Gasteiger partial charge in [0.15, 0.2) is 0 Å². The van der Waals surface area contributed by atoms with Gasteiger partial charge in [0, 0.05) is 17.1 Å². The molecule has 13 heavy (non-hydrogen) atoms. The molecule has 0 saturated heterocycles. The summed E-state index contributed by atoms with van der Waals surface area (Å²) in [5, 5.41) is 0. The quantitative estimate of drug-likeness (QED) is 0.399. The van der Waals surface area contributed by atoms with Gasteiger partial charge < -0.3 is 0 Å². The first-order valence-corrected chi connectivity index (χ1v) is 4.81. The van der Waals surface area contributed by atoms with Gasteiger partial charge in [0.25, 0.3) is 0 Å². The van der Waals surface area contributed by atoms with Gasteiger partial charge in [-0.3, -0.25) is 0 Å². The number of unbranched alkanes of at least 4 members (excludes halogenated alkanes) is 3. The number of hydrogen-bond donors (Lipinski definition) is 0. The molecule has 1 heteroatoms. The molecule has 0 spiro atoms. The Bertz CT molecular complexity index is 194. The Labute approximate surface area is 92.2 Å². The predicted molar refractivity (Wildman–Crippen MR) is 54.0 cm³/mol. The first-order valence-electron chi connectivity index (χ1n) is 4.81. The van der Waals surface area contributed by atoms with Crippen LogP contribution in [0.4, 0.5) is 0 Å². The third-order valence-corrected chi connectivity index (χ3v) is 1.99. The Morgan fingerprint density at radius 3 is 2.38 bits per heavy atom.